The van der Waals surface area contributed by atoms with Gasteiger partial charge in [0.25, 0.3) is 0 Å². The van der Waals surface area contributed by atoms with E-state index in [1.54, 1.807) is 13.8 Å². The zero-order valence-corrected chi connectivity index (χ0v) is 9.41. The number of aliphatic hydroxyl groups excluding tert-OH is 1. The summed E-state index contributed by atoms with van der Waals surface area (Å²) in [5.74, 6) is -0.530. The number of carbonyl (C=O) groups is 1. The lowest BCUT2D eigenvalue weighted by molar-refractivity contribution is -0.113. The predicted molar refractivity (Wildman–Crippen MR) is 52.3 cm³/mol. The molecule has 0 heterocycles. The maximum absolute atomic E-state index is 11.9. The zero-order chi connectivity index (χ0) is 11.2. The topological polar surface area (TPSA) is 72.8 Å². The Morgan fingerprint density at radius 2 is 1.79 bits per heavy atom. The van der Waals surface area contributed by atoms with Crippen LogP contribution in [0.5, 0.6) is 0 Å². The molecule has 0 aromatic heterocycles. The number of hydrogen-bond acceptors (Lipinski definition) is 5. The summed E-state index contributed by atoms with van der Waals surface area (Å²) in [5, 5.41) is 8.45. The molecule has 0 saturated carbocycles. The van der Waals surface area contributed by atoms with Gasteiger partial charge in [0, 0.05) is 0 Å². The van der Waals surface area contributed by atoms with E-state index in [-0.39, 0.29) is 18.5 Å². The maximum atomic E-state index is 11.9. The highest BCUT2D eigenvalue weighted by atomic mass is 31.2. The highest BCUT2D eigenvalue weighted by Gasteiger charge is 2.33. The van der Waals surface area contributed by atoms with Crippen LogP contribution in [-0.4, -0.2) is 24.1 Å². The standard InChI is InChI=1S/C8H15O5P/c1-4-12-14(11,13-5-2)8(6-9)7(3)10/h6,9H,4-5H2,1-3H3/b8-6+. The van der Waals surface area contributed by atoms with Gasteiger partial charge in [-0.3, -0.25) is 9.36 Å². The van der Waals surface area contributed by atoms with E-state index >= 15 is 0 Å². The molecule has 0 rings (SSSR count). The van der Waals surface area contributed by atoms with Crippen molar-refractivity contribution in [2.45, 2.75) is 20.8 Å². The van der Waals surface area contributed by atoms with Crippen LogP contribution in [0.15, 0.2) is 11.6 Å². The van der Waals surface area contributed by atoms with Crippen molar-refractivity contribution >= 4 is 13.4 Å². The van der Waals surface area contributed by atoms with Crippen LogP contribution in [0.1, 0.15) is 20.8 Å². The van der Waals surface area contributed by atoms with E-state index in [1.807, 2.05) is 0 Å². The van der Waals surface area contributed by atoms with Crippen LogP contribution in [-0.2, 0) is 18.4 Å². The van der Waals surface area contributed by atoms with Gasteiger partial charge in [-0.1, -0.05) is 0 Å². The van der Waals surface area contributed by atoms with Crippen molar-refractivity contribution in [3.05, 3.63) is 11.6 Å². The third-order valence-corrected chi connectivity index (χ3v) is 3.59. The van der Waals surface area contributed by atoms with Crippen LogP contribution in [0.2, 0.25) is 0 Å². The molecule has 0 aliphatic rings. The number of allylic oxidation sites excluding steroid dienone is 1. The first-order valence-corrected chi connectivity index (χ1v) is 5.81. The molecule has 0 atom stereocenters. The van der Waals surface area contributed by atoms with Gasteiger partial charge in [0.15, 0.2) is 5.78 Å². The number of hydrogen-bond donors (Lipinski definition) is 1. The fourth-order valence-electron chi connectivity index (χ4n) is 0.871. The molecule has 0 aliphatic heterocycles. The van der Waals surface area contributed by atoms with Gasteiger partial charge in [-0.2, -0.15) is 0 Å². The fraction of sp³-hybridized carbons (Fsp3) is 0.625. The molecule has 0 aromatic rings. The van der Waals surface area contributed by atoms with Gasteiger partial charge in [-0.25, -0.2) is 0 Å². The lowest BCUT2D eigenvalue weighted by Crippen LogP contribution is -2.05. The summed E-state index contributed by atoms with van der Waals surface area (Å²) in [6.07, 6.45) is 0.481. The predicted octanol–water partition coefficient (Wildman–Crippen LogP) is 2.24. The van der Waals surface area contributed by atoms with Crippen molar-refractivity contribution in [2.75, 3.05) is 13.2 Å². The summed E-state index contributed by atoms with van der Waals surface area (Å²) in [7, 11) is -3.62. The highest BCUT2D eigenvalue weighted by Crippen LogP contribution is 2.55. The Balaban J connectivity index is 4.97. The molecular weight excluding hydrogens is 207 g/mol. The first kappa shape index (κ1) is 13.4. The number of aliphatic hydroxyl groups is 1. The Morgan fingerprint density at radius 3 is 2.00 bits per heavy atom. The van der Waals surface area contributed by atoms with E-state index in [0.29, 0.717) is 6.26 Å². The van der Waals surface area contributed by atoms with Crippen molar-refractivity contribution in [2.24, 2.45) is 0 Å². The Bertz CT molecular complexity index is 261. The average molecular weight is 222 g/mol. The summed E-state index contributed by atoms with van der Waals surface area (Å²) in [5.41, 5.74) is 0. The minimum Gasteiger partial charge on any atom is -0.514 e. The molecule has 0 fully saturated rings. The van der Waals surface area contributed by atoms with Gasteiger partial charge in [0.05, 0.1) is 19.5 Å². The summed E-state index contributed by atoms with van der Waals surface area (Å²) < 4.78 is 21.6. The summed E-state index contributed by atoms with van der Waals surface area (Å²) >= 11 is 0. The first-order valence-electron chi connectivity index (χ1n) is 4.26. The van der Waals surface area contributed by atoms with Gasteiger partial charge in [0.2, 0.25) is 0 Å². The summed E-state index contributed by atoms with van der Waals surface area (Å²) in [6.45, 7) is 4.72. The smallest absolute Gasteiger partial charge is 0.368 e. The molecule has 14 heavy (non-hydrogen) atoms. The van der Waals surface area contributed by atoms with E-state index in [1.165, 1.54) is 6.92 Å². The van der Waals surface area contributed by atoms with E-state index in [0.717, 1.165) is 0 Å². The number of carbonyl (C=O) groups excluding carboxylic acids is 1. The molecule has 0 radical (unpaired) electrons. The third kappa shape index (κ3) is 3.25. The van der Waals surface area contributed by atoms with Gasteiger partial charge in [0.1, 0.15) is 5.31 Å². The highest BCUT2D eigenvalue weighted by molar-refractivity contribution is 7.60. The Kier molecular flexibility index (Phi) is 5.69. The third-order valence-electron chi connectivity index (χ3n) is 1.38. The van der Waals surface area contributed by atoms with E-state index in [4.69, 9.17) is 14.2 Å². The monoisotopic (exact) mass is 222 g/mol. The van der Waals surface area contributed by atoms with Crippen molar-refractivity contribution in [1.29, 1.82) is 0 Å². The van der Waals surface area contributed by atoms with Gasteiger partial charge < -0.3 is 14.2 Å². The van der Waals surface area contributed by atoms with Crippen molar-refractivity contribution in [3.63, 3.8) is 0 Å². The Hall–Kier alpha value is -0.640. The lowest BCUT2D eigenvalue weighted by atomic mass is 10.4. The molecular formula is C8H15O5P. The minimum atomic E-state index is -3.62. The Morgan fingerprint density at radius 1 is 1.36 bits per heavy atom. The fourth-order valence-corrected chi connectivity index (χ4v) is 2.43. The molecule has 0 spiro atoms. The van der Waals surface area contributed by atoms with Crippen molar-refractivity contribution in [3.8, 4) is 0 Å². The second-order valence-corrected chi connectivity index (χ2v) is 4.40. The minimum absolute atomic E-state index is 0.141. The van der Waals surface area contributed by atoms with Crippen LogP contribution in [0.3, 0.4) is 0 Å². The van der Waals surface area contributed by atoms with Crippen LogP contribution in [0, 0.1) is 0 Å². The molecule has 0 amide bonds. The van der Waals surface area contributed by atoms with Crippen LogP contribution >= 0.6 is 7.60 Å². The molecule has 5 nitrogen and oxygen atoms in total. The zero-order valence-electron chi connectivity index (χ0n) is 8.52. The molecule has 6 heteroatoms. The van der Waals surface area contributed by atoms with E-state index in [9.17, 15) is 9.36 Å². The summed E-state index contributed by atoms with van der Waals surface area (Å²) in [4.78, 5) is 11.0. The quantitative estimate of drug-likeness (QED) is 0.424. The molecule has 0 aromatic carbocycles. The largest absolute Gasteiger partial charge is 0.514 e. The lowest BCUT2D eigenvalue weighted by Gasteiger charge is -2.17. The maximum Gasteiger partial charge on any atom is 0.368 e. The molecule has 0 bridgehead atoms. The molecule has 1 N–H and O–H groups in total. The van der Waals surface area contributed by atoms with Gasteiger partial charge in [-0.05, 0) is 20.8 Å². The second kappa shape index (κ2) is 5.96. The number of Topliss-reactive ketones (excluding diaryl/α,β-unsaturated/α-hetero) is 1. The average Bonchev–Trinajstić information content (AvgIpc) is 2.04. The number of rotatable bonds is 6. The second-order valence-electron chi connectivity index (χ2n) is 2.40. The number of ketones is 1. The molecule has 0 unspecified atom stereocenters. The molecule has 0 saturated heterocycles. The summed E-state index contributed by atoms with van der Waals surface area (Å²) in [6, 6.07) is 0. The van der Waals surface area contributed by atoms with Crippen LogP contribution in [0.25, 0.3) is 0 Å². The van der Waals surface area contributed by atoms with Crippen molar-refractivity contribution < 1.29 is 23.5 Å². The van der Waals surface area contributed by atoms with E-state index < -0.39 is 13.4 Å². The Labute approximate surface area is 83.3 Å². The van der Waals surface area contributed by atoms with Gasteiger partial charge in [-0.15, -0.1) is 0 Å². The molecule has 0 aliphatic carbocycles. The molecule has 82 valence electrons. The van der Waals surface area contributed by atoms with Crippen molar-refractivity contribution in [1.82, 2.24) is 0 Å². The van der Waals surface area contributed by atoms with Gasteiger partial charge >= 0.3 is 7.60 Å². The first-order chi connectivity index (χ1) is 6.51. The van der Waals surface area contributed by atoms with Crippen LogP contribution in [0.4, 0.5) is 0 Å². The SMILES string of the molecule is CCOP(=O)(OCC)/C(=C/O)C(C)=O. The van der Waals surface area contributed by atoms with Crippen LogP contribution < -0.4 is 0 Å². The normalized spacial score (nSPS) is 12.9. The van der Waals surface area contributed by atoms with E-state index in [2.05, 4.69) is 0 Å².